The molecule has 2 aromatic heterocycles. The van der Waals surface area contributed by atoms with E-state index in [4.69, 9.17) is 10.5 Å². The Morgan fingerprint density at radius 3 is 2.52 bits per heavy atom. The molecular formula is C13H15F6N7O3. The Morgan fingerprint density at radius 1 is 1.31 bits per heavy atom. The Morgan fingerprint density at radius 2 is 1.93 bits per heavy atom. The lowest BCUT2D eigenvalue weighted by atomic mass is 10.1. The Bertz CT molecular complexity index is 941. The van der Waals surface area contributed by atoms with Crippen molar-refractivity contribution in [3.8, 4) is 0 Å². The topological polar surface area (TPSA) is 157 Å². The molecule has 0 aliphatic carbocycles. The van der Waals surface area contributed by atoms with Gasteiger partial charge < -0.3 is 15.6 Å². The molecule has 0 saturated carbocycles. The summed E-state index contributed by atoms with van der Waals surface area (Å²) in [6, 6.07) is 0. The van der Waals surface area contributed by atoms with Gasteiger partial charge in [-0.25, -0.2) is 4.98 Å². The van der Waals surface area contributed by atoms with E-state index in [-0.39, 0.29) is 23.5 Å². The lowest BCUT2D eigenvalue weighted by molar-refractivity contribution is -0.306. The van der Waals surface area contributed by atoms with Crippen LogP contribution in [0, 0.1) is 0 Å². The summed E-state index contributed by atoms with van der Waals surface area (Å²) in [5.74, 6) is -0.266. The van der Waals surface area contributed by atoms with Gasteiger partial charge in [0.05, 0.1) is 12.4 Å². The Balaban J connectivity index is 1.79. The van der Waals surface area contributed by atoms with Crippen molar-refractivity contribution >= 4 is 17.1 Å². The molecule has 10 nitrogen and oxygen atoms in total. The largest absolute Gasteiger partial charge is 0.428 e. The van der Waals surface area contributed by atoms with Crippen LogP contribution in [0.25, 0.3) is 11.2 Å². The Kier molecular flexibility index (Phi) is 5.01. The van der Waals surface area contributed by atoms with Crippen LogP contribution in [-0.4, -0.2) is 61.4 Å². The van der Waals surface area contributed by atoms with Crippen molar-refractivity contribution < 1.29 is 36.2 Å². The third kappa shape index (κ3) is 3.63. The number of rotatable bonds is 4. The molecule has 1 aliphatic heterocycles. The van der Waals surface area contributed by atoms with Gasteiger partial charge in [-0.3, -0.25) is 25.4 Å². The van der Waals surface area contributed by atoms with Crippen LogP contribution in [0.15, 0.2) is 11.1 Å². The van der Waals surface area contributed by atoms with Gasteiger partial charge in [-0.05, 0) is 0 Å². The quantitative estimate of drug-likeness (QED) is 0.327. The molecule has 0 bridgehead atoms. The summed E-state index contributed by atoms with van der Waals surface area (Å²) < 4.78 is 83.5. The number of nitrogen functional groups attached to an aromatic ring is 1. The number of aromatic nitrogens is 4. The van der Waals surface area contributed by atoms with Gasteiger partial charge in [0.1, 0.15) is 6.10 Å². The van der Waals surface area contributed by atoms with E-state index in [1.165, 1.54) is 5.32 Å². The second-order valence-electron chi connectivity index (χ2n) is 6.41. The highest BCUT2D eigenvalue weighted by molar-refractivity contribution is 5.70. The number of anilines is 1. The predicted octanol–water partition coefficient (Wildman–Crippen LogP) is -0.281. The molecule has 0 amide bonds. The number of imidazole rings is 1. The fraction of sp³-hybridized carbons (Fsp3) is 0.615. The first kappa shape index (κ1) is 21.3. The van der Waals surface area contributed by atoms with Crippen LogP contribution in [0.5, 0.6) is 0 Å². The average Bonchev–Trinajstić information content (AvgIpc) is 3.13. The normalized spacial score (nSPS) is 23.8. The number of halogens is 6. The fourth-order valence-corrected chi connectivity index (χ4v) is 2.88. The molecule has 3 atom stereocenters. The van der Waals surface area contributed by atoms with E-state index in [2.05, 4.69) is 20.7 Å². The SMILES string of the molecule is Nc1nc2c(ncn2[C@@H]2O[C@H](CNC(N)(C(F)(F)F)C(F)(F)F)C[C@H]2O)c(=O)[nH]1. The number of H-pyrrole nitrogens is 1. The number of aliphatic hydroxyl groups is 1. The van der Waals surface area contributed by atoms with Crippen molar-refractivity contribution in [3.63, 3.8) is 0 Å². The van der Waals surface area contributed by atoms with Crippen molar-refractivity contribution in [2.75, 3.05) is 12.3 Å². The number of hydrogen-bond donors (Lipinski definition) is 5. The summed E-state index contributed by atoms with van der Waals surface area (Å²) in [4.78, 5) is 21.6. The molecule has 3 heterocycles. The Labute approximate surface area is 156 Å². The van der Waals surface area contributed by atoms with Crippen LogP contribution in [0.4, 0.5) is 32.3 Å². The van der Waals surface area contributed by atoms with E-state index >= 15 is 0 Å². The molecule has 162 valence electrons. The van der Waals surface area contributed by atoms with Crippen molar-refractivity contribution in [1.29, 1.82) is 0 Å². The Hall–Kier alpha value is -2.43. The molecule has 0 radical (unpaired) electrons. The first-order chi connectivity index (χ1) is 13.2. The maximum Gasteiger partial charge on any atom is 0.428 e. The zero-order valence-corrected chi connectivity index (χ0v) is 14.3. The summed E-state index contributed by atoms with van der Waals surface area (Å²) in [7, 11) is 0. The zero-order valence-electron chi connectivity index (χ0n) is 14.3. The monoisotopic (exact) mass is 431 g/mol. The zero-order chi connectivity index (χ0) is 21.8. The number of alkyl halides is 6. The van der Waals surface area contributed by atoms with E-state index < -0.39 is 48.6 Å². The third-order valence-corrected chi connectivity index (χ3v) is 4.39. The maximum absolute atomic E-state index is 12.8. The summed E-state index contributed by atoms with van der Waals surface area (Å²) in [5, 5.41) is 11.4. The van der Waals surface area contributed by atoms with Crippen molar-refractivity contribution in [2.45, 2.75) is 42.9 Å². The van der Waals surface area contributed by atoms with E-state index in [0.717, 1.165) is 10.9 Å². The highest BCUT2D eigenvalue weighted by Crippen LogP contribution is 2.39. The number of aromatic amines is 1. The molecule has 1 saturated heterocycles. The molecule has 29 heavy (non-hydrogen) atoms. The van der Waals surface area contributed by atoms with Crippen LogP contribution in [0.2, 0.25) is 0 Å². The van der Waals surface area contributed by atoms with E-state index in [1.807, 2.05) is 0 Å². The molecule has 2 aromatic rings. The number of nitrogens with one attached hydrogen (secondary N) is 2. The first-order valence-corrected chi connectivity index (χ1v) is 7.98. The smallest absolute Gasteiger partial charge is 0.388 e. The maximum atomic E-state index is 12.8. The number of aliphatic hydroxyl groups excluding tert-OH is 1. The molecule has 0 unspecified atom stereocenters. The molecule has 16 heteroatoms. The lowest BCUT2D eigenvalue weighted by Gasteiger charge is -2.35. The van der Waals surface area contributed by atoms with Gasteiger partial charge >= 0.3 is 12.4 Å². The summed E-state index contributed by atoms with van der Waals surface area (Å²) >= 11 is 0. The van der Waals surface area contributed by atoms with Crippen molar-refractivity contribution in [1.82, 2.24) is 24.8 Å². The van der Waals surface area contributed by atoms with E-state index in [9.17, 15) is 36.2 Å². The molecule has 1 aliphatic rings. The number of hydrogen-bond acceptors (Lipinski definition) is 8. The van der Waals surface area contributed by atoms with E-state index in [1.54, 1.807) is 0 Å². The predicted molar refractivity (Wildman–Crippen MR) is 84.1 cm³/mol. The summed E-state index contributed by atoms with van der Waals surface area (Å²) in [6.07, 6.45) is -14.8. The second kappa shape index (κ2) is 6.82. The summed E-state index contributed by atoms with van der Waals surface area (Å²) in [6.45, 7) is -0.966. The molecule has 1 fully saturated rings. The summed E-state index contributed by atoms with van der Waals surface area (Å²) in [5.41, 5.74) is 4.42. The second-order valence-corrected chi connectivity index (χ2v) is 6.41. The van der Waals surface area contributed by atoms with Gasteiger partial charge in [-0.15, -0.1) is 0 Å². The average molecular weight is 431 g/mol. The van der Waals surface area contributed by atoms with Crippen LogP contribution in [0.3, 0.4) is 0 Å². The van der Waals surface area contributed by atoms with E-state index in [0.29, 0.717) is 0 Å². The van der Waals surface area contributed by atoms with Crippen LogP contribution in [-0.2, 0) is 4.74 Å². The number of fused-ring (bicyclic) bond motifs is 1. The molecule has 7 N–H and O–H groups in total. The molecule has 3 rings (SSSR count). The lowest BCUT2D eigenvalue weighted by Crippen LogP contribution is -2.73. The van der Waals surface area contributed by atoms with Gasteiger partial charge in [0.2, 0.25) is 5.95 Å². The van der Waals surface area contributed by atoms with Gasteiger partial charge in [0.15, 0.2) is 17.4 Å². The third-order valence-electron chi connectivity index (χ3n) is 4.39. The molecular weight excluding hydrogens is 416 g/mol. The van der Waals surface area contributed by atoms with Crippen molar-refractivity contribution in [2.24, 2.45) is 5.73 Å². The number of nitrogens with two attached hydrogens (primary N) is 2. The van der Waals surface area contributed by atoms with Crippen LogP contribution in [0.1, 0.15) is 12.6 Å². The first-order valence-electron chi connectivity index (χ1n) is 7.98. The van der Waals surface area contributed by atoms with Crippen LogP contribution < -0.4 is 22.3 Å². The standard InChI is InChI=1S/C13H15F6N7O3/c14-12(15,16)11(21,13(17,18)19)23-2-4-1-5(27)9(29-4)26-3-22-6-7(26)24-10(20)25-8(6)28/h3-5,9,23,27H,1-2,21H2,(H3,20,24,25,28)/t4-,5+,9+/m0/s1. The minimum absolute atomic E-state index is 0.0809. The highest BCUT2D eigenvalue weighted by Gasteiger charge is 2.68. The van der Waals surface area contributed by atoms with Gasteiger partial charge in [0, 0.05) is 13.0 Å². The van der Waals surface area contributed by atoms with Crippen LogP contribution >= 0.6 is 0 Å². The van der Waals surface area contributed by atoms with Gasteiger partial charge in [-0.2, -0.15) is 31.3 Å². The molecule has 0 aromatic carbocycles. The highest BCUT2D eigenvalue weighted by atomic mass is 19.4. The number of ether oxygens (including phenoxy) is 1. The van der Waals surface area contributed by atoms with Gasteiger partial charge in [-0.1, -0.05) is 0 Å². The van der Waals surface area contributed by atoms with Gasteiger partial charge in [0.25, 0.3) is 11.2 Å². The molecule has 0 spiro atoms. The number of nitrogens with zero attached hydrogens (tertiary/aromatic N) is 3. The fourth-order valence-electron chi connectivity index (χ4n) is 2.88. The minimum Gasteiger partial charge on any atom is -0.388 e. The van der Waals surface area contributed by atoms with Crippen molar-refractivity contribution in [3.05, 3.63) is 16.7 Å². The minimum atomic E-state index is -5.83.